The molecule has 1 aromatic rings. The number of nitrogens with one attached hydrogen (secondary N) is 2. The van der Waals surface area contributed by atoms with Crippen molar-refractivity contribution in [3.63, 3.8) is 0 Å². The second kappa shape index (κ2) is 8.59. The third kappa shape index (κ3) is 5.47. The zero-order chi connectivity index (χ0) is 17.4. The number of aryl methyl sites for hydroxylation is 1. The number of benzene rings is 1. The van der Waals surface area contributed by atoms with Gasteiger partial charge in [0.05, 0.1) is 0 Å². The van der Waals surface area contributed by atoms with Gasteiger partial charge in [0.25, 0.3) is 5.91 Å². The molecule has 0 saturated carbocycles. The molecule has 0 spiro atoms. The van der Waals surface area contributed by atoms with Crippen LogP contribution < -0.4 is 10.6 Å². The van der Waals surface area contributed by atoms with E-state index in [1.165, 1.54) is 18.7 Å². The predicted octanol–water partition coefficient (Wildman–Crippen LogP) is 1.90. The molecule has 23 heavy (non-hydrogen) atoms. The molecule has 2 atom stereocenters. The molecule has 1 rings (SSSR count). The van der Waals surface area contributed by atoms with Crippen molar-refractivity contribution in [1.82, 2.24) is 10.6 Å². The quantitative estimate of drug-likeness (QED) is 0.527. The van der Waals surface area contributed by atoms with Gasteiger partial charge in [-0.1, -0.05) is 31.2 Å². The molecule has 122 valence electrons. The lowest BCUT2D eigenvalue weighted by molar-refractivity contribution is -0.140. The maximum absolute atomic E-state index is 11.8. The van der Waals surface area contributed by atoms with E-state index in [4.69, 9.17) is 10.4 Å². The highest BCUT2D eigenvalue weighted by Crippen LogP contribution is 2.14. The summed E-state index contributed by atoms with van der Waals surface area (Å²) in [5.41, 5.74) is 2.08. The molecule has 2 unspecified atom stereocenters. The number of amides is 1. The molecule has 3 N–H and O–H groups in total. The van der Waals surface area contributed by atoms with Crippen LogP contribution in [0.1, 0.15) is 37.9 Å². The van der Waals surface area contributed by atoms with Crippen molar-refractivity contribution in [2.45, 2.75) is 39.3 Å². The highest BCUT2D eigenvalue weighted by atomic mass is 16.4. The molecule has 6 nitrogen and oxygen atoms in total. The van der Waals surface area contributed by atoms with Crippen LogP contribution in [0.4, 0.5) is 0 Å². The van der Waals surface area contributed by atoms with Crippen molar-refractivity contribution >= 4 is 11.9 Å². The highest BCUT2D eigenvalue weighted by molar-refractivity contribution is 5.99. The summed E-state index contributed by atoms with van der Waals surface area (Å²) < 4.78 is 0. The molecule has 0 fully saturated rings. The molecular formula is C17H21N3O3. The topological polar surface area (TPSA) is 102 Å². The van der Waals surface area contributed by atoms with E-state index >= 15 is 0 Å². The molecule has 0 radical (unpaired) electrons. The van der Waals surface area contributed by atoms with Gasteiger partial charge in [-0.15, -0.1) is 0 Å². The summed E-state index contributed by atoms with van der Waals surface area (Å²) >= 11 is 0. The fourth-order valence-corrected chi connectivity index (χ4v) is 1.83. The molecule has 1 amide bonds. The Balaban J connectivity index is 2.73. The van der Waals surface area contributed by atoms with Gasteiger partial charge in [-0.3, -0.25) is 9.59 Å². The van der Waals surface area contributed by atoms with Gasteiger partial charge in [0.1, 0.15) is 17.7 Å². The van der Waals surface area contributed by atoms with Gasteiger partial charge < -0.3 is 15.7 Å². The minimum atomic E-state index is -1.16. The lowest BCUT2D eigenvalue weighted by atomic mass is 10.1. The van der Waals surface area contributed by atoms with E-state index < -0.39 is 17.9 Å². The van der Waals surface area contributed by atoms with E-state index in [1.807, 2.05) is 31.2 Å². The maximum atomic E-state index is 11.8. The lowest BCUT2D eigenvalue weighted by Crippen LogP contribution is -2.39. The van der Waals surface area contributed by atoms with Crippen LogP contribution in [-0.2, 0) is 16.0 Å². The minimum Gasteiger partial charge on any atom is -0.480 e. The Bertz CT molecular complexity index is 629. The zero-order valence-corrected chi connectivity index (χ0v) is 13.5. The normalized spacial score (nSPS) is 13.6. The van der Waals surface area contributed by atoms with Gasteiger partial charge in [-0.05, 0) is 31.4 Å². The number of rotatable bonds is 7. The number of aliphatic carboxylic acids is 1. The van der Waals surface area contributed by atoms with Crippen LogP contribution in [0.5, 0.6) is 0 Å². The van der Waals surface area contributed by atoms with E-state index in [0.29, 0.717) is 0 Å². The second-order valence-corrected chi connectivity index (χ2v) is 5.19. The third-order valence-electron chi connectivity index (χ3n) is 3.45. The first kappa shape index (κ1) is 18.2. The molecule has 6 heteroatoms. The Kier molecular flexibility index (Phi) is 6.81. The maximum Gasteiger partial charge on any atom is 0.325 e. The van der Waals surface area contributed by atoms with Crippen LogP contribution >= 0.6 is 0 Å². The van der Waals surface area contributed by atoms with Crippen LogP contribution in [0, 0.1) is 11.3 Å². The Labute approximate surface area is 135 Å². The summed E-state index contributed by atoms with van der Waals surface area (Å²) in [4.78, 5) is 22.5. The molecule has 0 aliphatic carbocycles. The average Bonchev–Trinajstić information content (AvgIpc) is 2.55. The van der Waals surface area contributed by atoms with Crippen molar-refractivity contribution in [1.29, 1.82) is 5.26 Å². The van der Waals surface area contributed by atoms with E-state index in [2.05, 4.69) is 17.6 Å². The highest BCUT2D eigenvalue weighted by Gasteiger charge is 2.17. The van der Waals surface area contributed by atoms with Crippen LogP contribution in [-0.4, -0.2) is 23.0 Å². The fourth-order valence-electron chi connectivity index (χ4n) is 1.83. The standard InChI is InChI=1S/C17H21N3O3/c1-4-13-5-7-14(8-6-13)11(2)19-10-15(9-18)16(21)20-12(3)17(22)23/h5-8,10-12,19H,4H2,1-3H3,(H,20,21)(H,22,23)/b15-10-. The van der Waals surface area contributed by atoms with Gasteiger partial charge >= 0.3 is 5.97 Å². The molecule has 0 aliphatic heterocycles. The SMILES string of the molecule is CCc1ccc(C(C)N/C=C(/C#N)C(=O)NC(C)C(=O)O)cc1. The second-order valence-electron chi connectivity index (χ2n) is 5.19. The van der Waals surface area contributed by atoms with Crippen molar-refractivity contribution in [2.24, 2.45) is 0 Å². The smallest absolute Gasteiger partial charge is 0.325 e. The lowest BCUT2D eigenvalue weighted by Gasteiger charge is -2.14. The first-order valence-electron chi connectivity index (χ1n) is 7.37. The summed E-state index contributed by atoms with van der Waals surface area (Å²) in [6, 6.07) is 8.66. The van der Waals surface area contributed by atoms with Crippen LogP contribution in [0.3, 0.4) is 0 Å². The largest absolute Gasteiger partial charge is 0.480 e. The van der Waals surface area contributed by atoms with E-state index in [0.717, 1.165) is 12.0 Å². The van der Waals surface area contributed by atoms with Crippen molar-refractivity contribution in [3.8, 4) is 6.07 Å². The van der Waals surface area contributed by atoms with E-state index in [1.54, 1.807) is 6.07 Å². The first-order chi connectivity index (χ1) is 10.9. The van der Waals surface area contributed by atoms with Crippen LogP contribution in [0.2, 0.25) is 0 Å². The molecule has 0 aromatic heterocycles. The summed E-state index contributed by atoms with van der Waals surface area (Å²) in [5.74, 6) is -1.88. The number of nitriles is 1. The Morgan fingerprint density at radius 2 is 1.91 bits per heavy atom. The summed E-state index contributed by atoms with van der Waals surface area (Å²) in [6.45, 7) is 5.32. The van der Waals surface area contributed by atoms with Gasteiger partial charge in [0.15, 0.2) is 0 Å². The molecule has 1 aromatic carbocycles. The van der Waals surface area contributed by atoms with Crippen molar-refractivity contribution in [2.75, 3.05) is 0 Å². The number of carbonyl (C=O) groups is 2. The zero-order valence-electron chi connectivity index (χ0n) is 13.5. The van der Waals surface area contributed by atoms with Crippen LogP contribution in [0.15, 0.2) is 36.0 Å². The number of carbonyl (C=O) groups excluding carboxylic acids is 1. The Hall–Kier alpha value is -2.81. The van der Waals surface area contributed by atoms with E-state index in [9.17, 15) is 9.59 Å². The molecule has 0 saturated heterocycles. The molecular weight excluding hydrogens is 294 g/mol. The fraction of sp³-hybridized carbons (Fsp3) is 0.353. The average molecular weight is 315 g/mol. The first-order valence-corrected chi connectivity index (χ1v) is 7.37. The Morgan fingerprint density at radius 1 is 1.30 bits per heavy atom. The molecule has 0 heterocycles. The van der Waals surface area contributed by atoms with Gasteiger partial charge in [0, 0.05) is 12.2 Å². The minimum absolute atomic E-state index is 0.0889. The Morgan fingerprint density at radius 3 is 2.39 bits per heavy atom. The number of hydrogen-bond donors (Lipinski definition) is 3. The summed E-state index contributed by atoms with van der Waals surface area (Å²) in [7, 11) is 0. The molecule has 0 bridgehead atoms. The number of carboxylic acid groups (broad SMARTS) is 1. The number of carboxylic acids is 1. The number of nitrogens with zero attached hydrogens (tertiary/aromatic N) is 1. The van der Waals surface area contributed by atoms with Gasteiger partial charge in [-0.2, -0.15) is 5.26 Å². The monoisotopic (exact) mass is 315 g/mol. The predicted molar refractivity (Wildman–Crippen MR) is 86.3 cm³/mol. The van der Waals surface area contributed by atoms with Crippen LogP contribution in [0.25, 0.3) is 0 Å². The number of hydrogen-bond acceptors (Lipinski definition) is 4. The molecule has 0 aliphatic rings. The summed E-state index contributed by atoms with van der Waals surface area (Å²) in [6.07, 6.45) is 2.27. The van der Waals surface area contributed by atoms with E-state index in [-0.39, 0.29) is 11.6 Å². The van der Waals surface area contributed by atoms with Crippen molar-refractivity contribution in [3.05, 3.63) is 47.2 Å². The van der Waals surface area contributed by atoms with Crippen molar-refractivity contribution < 1.29 is 14.7 Å². The summed E-state index contributed by atoms with van der Waals surface area (Å²) in [5, 5.41) is 23.0. The van der Waals surface area contributed by atoms with Gasteiger partial charge in [0.2, 0.25) is 0 Å². The third-order valence-corrected chi connectivity index (χ3v) is 3.45. The van der Waals surface area contributed by atoms with Gasteiger partial charge in [-0.25, -0.2) is 0 Å².